The second-order valence-corrected chi connectivity index (χ2v) is 5.56. The van der Waals surface area contributed by atoms with E-state index in [0.29, 0.717) is 12.0 Å². The number of hydrogen-bond acceptors (Lipinski definition) is 1. The number of benzene rings is 1. The highest BCUT2D eigenvalue weighted by Crippen LogP contribution is 2.31. The SMILES string of the molecule is CCC(C)(C)C(=O)NC(C)c1cccc(C(F)(F)F)c1. The average Bonchev–Trinajstić information content (AvgIpc) is 2.37. The highest BCUT2D eigenvalue weighted by molar-refractivity contribution is 5.82. The first-order chi connectivity index (χ1) is 9.08. The lowest BCUT2D eigenvalue weighted by Crippen LogP contribution is -2.37. The van der Waals surface area contributed by atoms with Crippen molar-refractivity contribution in [2.45, 2.75) is 46.3 Å². The van der Waals surface area contributed by atoms with Gasteiger partial charge in [-0.1, -0.05) is 32.9 Å². The topological polar surface area (TPSA) is 29.1 Å². The molecule has 0 heterocycles. The van der Waals surface area contributed by atoms with Crippen LogP contribution in [0.25, 0.3) is 0 Å². The summed E-state index contributed by atoms with van der Waals surface area (Å²) in [6, 6.07) is 4.57. The maximum absolute atomic E-state index is 12.7. The van der Waals surface area contributed by atoms with Gasteiger partial charge < -0.3 is 5.32 Å². The second-order valence-electron chi connectivity index (χ2n) is 5.56. The van der Waals surface area contributed by atoms with Crippen molar-refractivity contribution >= 4 is 5.91 Å². The van der Waals surface area contributed by atoms with Crippen molar-refractivity contribution in [2.75, 3.05) is 0 Å². The summed E-state index contributed by atoms with van der Waals surface area (Å²) >= 11 is 0. The number of carbonyl (C=O) groups excluding carboxylic acids is 1. The zero-order chi connectivity index (χ0) is 15.6. The summed E-state index contributed by atoms with van der Waals surface area (Å²) in [5.74, 6) is -0.162. The van der Waals surface area contributed by atoms with Crippen molar-refractivity contribution in [3.05, 3.63) is 35.4 Å². The average molecular weight is 287 g/mol. The second kappa shape index (κ2) is 5.85. The number of alkyl halides is 3. The Morgan fingerprint density at radius 3 is 2.40 bits per heavy atom. The fourth-order valence-corrected chi connectivity index (χ4v) is 1.62. The van der Waals surface area contributed by atoms with E-state index in [9.17, 15) is 18.0 Å². The molecule has 1 N–H and O–H groups in total. The molecule has 0 aliphatic rings. The van der Waals surface area contributed by atoms with Gasteiger partial charge in [0.25, 0.3) is 0 Å². The van der Waals surface area contributed by atoms with Crippen molar-refractivity contribution in [2.24, 2.45) is 5.41 Å². The lowest BCUT2D eigenvalue weighted by Gasteiger charge is -2.25. The molecule has 112 valence electrons. The minimum Gasteiger partial charge on any atom is -0.349 e. The standard InChI is InChI=1S/C15H20F3NO/c1-5-14(3,4)13(20)19-10(2)11-7-6-8-12(9-11)15(16,17)18/h6-10H,5H2,1-4H3,(H,19,20). The molecule has 0 aromatic heterocycles. The molecule has 0 saturated heterocycles. The van der Waals surface area contributed by atoms with Gasteiger partial charge >= 0.3 is 6.18 Å². The van der Waals surface area contributed by atoms with E-state index in [1.807, 2.05) is 6.92 Å². The third kappa shape index (κ3) is 3.99. The van der Waals surface area contributed by atoms with Crippen LogP contribution in [0.5, 0.6) is 0 Å². The number of halogens is 3. The highest BCUT2D eigenvalue weighted by Gasteiger charge is 2.31. The molecule has 0 saturated carbocycles. The van der Waals surface area contributed by atoms with Crippen LogP contribution in [-0.4, -0.2) is 5.91 Å². The summed E-state index contributed by atoms with van der Waals surface area (Å²) in [5.41, 5.74) is -0.790. The summed E-state index contributed by atoms with van der Waals surface area (Å²) in [6.45, 7) is 7.19. The van der Waals surface area contributed by atoms with Crippen LogP contribution in [0.1, 0.15) is 51.3 Å². The van der Waals surface area contributed by atoms with Gasteiger partial charge in [-0.2, -0.15) is 13.2 Å². The third-order valence-electron chi connectivity index (χ3n) is 3.56. The normalized spacial score (nSPS) is 13.9. The maximum Gasteiger partial charge on any atom is 0.416 e. The van der Waals surface area contributed by atoms with Gasteiger partial charge in [-0.05, 0) is 31.0 Å². The first kappa shape index (κ1) is 16.5. The highest BCUT2D eigenvalue weighted by atomic mass is 19.4. The van der Waals surface area contributed by atoms with Gasteiger partial charge in [-0.3, -0.25) is 4.79 Å². The van der Waals surface area contributed by atoms with E-state index in [4.69, 9.17) is 0 Å². The summed E-state index contributed by atoms with van der Waals surface area (Å²) in [4.78, 5) is 12.0. The fraction of sp³-hybridized carbons (Fsp3) is 0.533. The molecule has 1 atom stereocenters. The molecule has 1 aromatic carbocycles. The molecule has 0 fully saturated rings. The van der Waals surface area contributed by atoms with Gasteiger partial charge in [0.05, 0.1) is 11.6 Å². The van der Waals surface area contributed by atoms with E-state index in [2.05, 4.69) is 5.32 Å². The molecule has 1 unspecified atom stereocenters. The van der Waals surface area contributed by atoms with Gasteiger partial charge in [0.2, 0.25) is 5.91 Å². The Labute approximate surface area is 117 Å². The number of hydrogen-bond donors (Lipinski definition) is 1. The molecular formula is C15H20F3NO. The summed E-state index contributed by atoms with van der Waals surface area (Å²) < 4.78 is 38.0. The van der Waals surface area contributed by atoms with Crippen LogP contribution in [0.2, 0.25) is 0 Å². The van der Waals surface area contributed by atoms with Crippen molar-refractivity contribution in [1.82, 2.24) is 5.32 Å². The minimum atomic E-state index is -4.37. The molecule has 0 aliphatic carbocycles. The summed E-state index contributed by atoms with van der Waals surface area (Å²) in [7, 11) is 0. The Hall–Kier alpha value is -1.52. The van der Waals surface area contributed by atoms with Crippen LogP contribution in [-0.2, 0) is 11.0 Å². The molecule has 0 aliphatic heterocycles. The van der Waals surface area contributed by atoms with Crippen molar-refractivity contribution in [3.8, 4) is 0 Å². The number of amides is 1. The molecule has 0 radical (unpaired) electrons. The zero-order valence-corrected chi connectivity index (χ0v) is 12.1. The first-order valence-electron chi connectivity index (χ1n) is 6.56. The van der Waals surface area contributed by atoms with E-state index in [0.717, 1.165) is 12.1 Å². The van der Waals surface area contributed by atoms with Crippen LogP contribution in [0.4, 0.5) is 13.2 Å². The Morgan fingerprint density at radius 1 is 1.30 bits per heavy atom. The molecule has 5 heteroatoms. The lowest BCUT2D eigenvalue weighted by molar-refractivity contribution is -0.137. The van der Waals surface area contributed by atoms with E-state index in [1.54, 1.807) is 26.8 Å². The monoisotopic (exact) mass is 287 g/mol. The summed E-state index contributed by atoms with van der Waals surface area (Å²) in [5, 5.41) is 2.76. The van der Waals surface area contributed by atoms with Crippen LogP contribution >= 0.6 is 0 Å². The van der Waals surface area contributed by atoms with Crippen molar-refractivity contribution in [3.63, 3.8) is 0 Å². The predicted octanol–water partition coefficient (Wildman–Crippen LogP) is 4.32. The molecular weight excluding hydrogens is 267 g/mol. The number of carbonyl (C=O) groups is 1. The van der Waals surface area contributed by atoms with Crippen LogP contribution in [0.15, 0.2) is 24.3 Å². The molecule has 1 amide bonds. The quantitative estimate of drug-likeness (QED) is 0.878. The van der Waals surface area contributed by atoms with E-state index in [-0.39, 0.29) is 5.91 Å². The number of nitrogens with one attached hydrogen (secondary N) is 1. The minimum absolute atomic E-state index is 0.162. The third-order valence-corrected chi connectivity index (χ3v) is 3.56. The smallest absolute Gasteiger partial charge is 0.349 e. The molecule has 20 heavy (non-hydrogen) atoms. The van der Waals surface area contributed by atoms with Crippen LogP contribution in [0, 0.1) is 5.41 Å². The molecule has 1 aromatic rings. The lowest BCUT2D eigenvalue weighted by atomic mass is 9.88. The molecule has 0 bridgehead atoms. The van der Waals surface area contributed by atoms with Gasteiger partial charge in [-0.25, -0.2) is 0 Å². The Bertz CT molecular complexity index is 480. The fourth-order valence-electron chi connectivity index (χ4n) is 1.62. The first-order valence-corrected chi connectivity index (χ1v) is 6.56. The van der Waals surface area contributed by atoms with Gasteiger partial charge in [0.1, 0.15) is 0 Å². The Balaban J connectivity index is 2.89. The van der Waals surface area contributed by atoms with Gasteiger partial charge in [-0.15, -0.1) is 0 Å². The van der Waals surface area contributed by atoms with E-state index in [1.165, 1.54) is 6.07 Å². The Kier molecular flexibility index (Phi) is 4.84. The number of rotatable bonds is 4. The van der Waals surface area contributed by atoms with Crippen molar-refractivity contribution in [1.29, 1.82) is 0 Å². The largest absolute Gasteiger partial charge is 0.416 e. The van der Waals surface area contributed by atoms with Crippen LogP contribution < -0.4 is 5.32 Å². The summed E-state index contributed by atoms with van der Waals surface area (Å²) in [6.07, 6.45) is -3.71. The predicted molar refractivity (Wildman–Crippen MR) is 72.1 cm³/mol. The molecule has 1 rings (SSSR count). The van der Waals surface area contributed by atoms with Gasteiger partial charge in [0.15, 0.2) is 0 Å². The van der Waals surface area contributed by atoms with E-state index >= 15 is 0 Å². The van der Waals surface area contributed by atoms with Crippen molar-refractivity contribution < 1.29 is 18.0 Å². The maximum atomic E-state index is 12.7. The molecule has 2 nitrogen and oxygen atoms in total. The Morgan fingerprint density at radius 2 is 1.90 bits per heavy atom. The van der Waals surface area contributed by atoms with Gasteiger partial charge in [0, 0.05) is 5.41 Å². The zero-order valence-electron chi connectivity index (χ0n) is 12.1. The molecule has 0 spiro atoms. The van der Waals surface area contributed by atoms with Crippen LogP contribution in [0.3, 0.4) is 0 Å². The van der Waals surface area contributed by atoms with E-state index < -0.39 is 23.2 Å².